The van der Waals surface area contributed by atoms with Crippen LogP contribution in [0, 0.1) is 34.0 Å². The van der Waals surface area contributed by atoms with E-state index in [0.717, 1.165) is 32.3 Å². The molecule has 0 amide bonds. The maximum atomic E-state index is 10.7. The SMILES string of the molecule is N#Cc1cccc(-c2c(C#N)c(-c3ccc4c(c3)sc3ccccc34)cc(-c3ccc4sc5ccccc5c4c3)c2C#N)c1. The van der Waals surface area contributed by atoms with E-state index in [0.29, 0.717) is 27.8 Å². The van der Waals surface area contributed by atoms with Crippen LogP contribution in [0.4, 0.5) is 0 Å². The van der Waals surface area contributed by atoms with Crippen molar-refractivity contribution in [1.82, 2.24) is 0 Å². The molecule has 8 aromatic rings. The van der Waals surface area contributed by atoms with Crippen molar-refractivity contribution in [3.8, 4) is 51.6 Å². The average Bonchev–Trinajstić information content (AvgIpc) is 3.64. The van der Waals surface area contributed by atoms with E-state index in [4.69, 9.17) is 0 Å². The van der Waals surface area contributed by atoms with Gasteiger partial charge in [-0.3, -0.25) is 0 Å². The largest absolute Gasteiger partial charge is 0.192 e. The summed E-state index contributed by atoms with van der Waals surface area (Å²) < 4.78 is 4.74. The van der Waals surface area contributed by atoms with Gasteiger partial charge < -0.3 is 0 Å². The Labute approximate surface area is 261 Å². The molecule has 0 N–H and O–H groups in total. The van der Waals surface area contributed by atoms with Crippen molar-refractivity contribution in [1.29, 1.82) is 15.8 Å². The van der Waals surface area contributed by atoms with E-state index in [1.54, 1.807) is 40.9 Å². The molecule has 2 heterocycles. The van der Waals surface area contributed by atoms with E-state index in [-0.39, 0.29) is 0 Å². The second kappa shape index (κ2) is 10.2. The van der Waals surface area contributed by atoms with Gasteiger partial charge in [-0.15, -0.1) is 22.7 Å². The van der Waals surface area contributed by atoms with Gasteiger partial charge in [-0.1, -0.05) is 66.7 Å². The first-order valence-electron chi connectivity index (χ1n) is 14.0. The lowest BCUT2D eigenvalue weighted by molar-refractivity contribution is 1.43. The van der Waals surface area contributed by atoms with Gasteiger partial charge in [0.1, 0.15) is 12.1 Å². The Morgan fingerprint density at radius 1 is 0.409 bits per heavy atom. The summed E-state index contributed by atoms with van der Waals surface area (Å²) in [4.78, 5) is 0. The molecule has 3 nitrogen and oxygen atoms in total. The Balaban J connectivity index is 1.46. The van der Waals surface area contributed by atoms with Gasteiger partial charge in [-0.05, 0) is 65.2 Å². The highest BCUT2D eigenvalue weighted by Gasteiger charge is 2.23. The molecule has 0 atom stereocenters. The molecule has 0 radical (unpaired) electrons. The van der Waals surface area contributed by atoms with Crippen LogP contribution in [0.1, 0.15) is 16.7 Å². The van der Waals surface area contributed by atoms with Gasteiger partial charge in [0.25, 0.3) is 0 Å². The van der Waals surface area contributed by atoms with E-state index >= 15 is 0 Å². The zero-order valence-electron chi connectivity index (χ0n) is 23.1. The van der Waals surface area contributed by atoms with Crippen LogP contribution in [0.25, 0.3) is 73.7 Å². The molecule has 8 rings (SSSR count). The zero-order chi connectivity index (χ0) is 29.8. The first-order chi connectivity index (χ1) is 21.7. The van der Waals surface area contributed by atoms with E-state index in [1.165, 1.54) is 30.3 Å². The van der Waals surface area contributed by atoms with Crippen molar-refractivity contribution in [2.24, 2.45) is 0 Å². The molecule has 2 aromatic heterocycles. The third-order valence-electron chi connectivity index (χ3n) is 8.21. The fraction of sp³-hybridized carbons (Fsp3) is 0. The second-order valence-corrected chi connectivity index (χ2v) is 12.8. The molecule has 0 aliphatic rings. The molecule has 0 fully saturated rings. The Bertz CT molecular complexity index is 2600. The van der Waals surface area contributed by atoms with Crippen LogP contribution in [0.3, 0.4) is 0 Å². The van der Waals surface area contributed by atoms with Crippen LogP contribution in [-0.4, -0.2) is 0 Å². The third-order valence-corrected chi connectivity index (χ3v) is 10.5. The number of benzene rings is 6. The Morgan fingerprint density at radius 3 is 1.70 bits per heavy atom. The third kappa shape index (κ3) is 3.98. The molecule has 0 aliphatic carbocycles. The van der Waals surface area contributed by atoms with E-state index in [9.17, 15) is 15.8 Å². The molecular weight excluding hydrogens is 575 g/mol. The van der Waals surface area contributed by atoms with E-state index < -0.39 is 0 Å². The van der Waals surface area contributed by atoms with Gasteiger partial charge in [0, 0.05) is 57.0 Å². The van der Waals surface area contributed by atoms with Crippen molar-refractivity contribution in [3.05, 3.63) is 132 Å². The summed E-state index contributed by atoms with van der Waals surface area (Å²) in [5, 5.41) is 35.7. The summed E-state index contributed by atoms with van der Waals surface area (Å²) in [7, 11) is 0. The van der Waals surface area contributed by atoms with Crippen LogP contribution < -0.4 is 0 Å². The first kappa shape index (κ1) is 25.9. The molecule has 0 saturated heterocycles. The molecule has 44 heavy (non-hydrogen) atoms. The molecule has 0 bridgehead atoms. The molecule has 202 valence electrons. The summed E-state index contributed by atoms with van der Waals surface area (Å²) in [6, 6.07) is 45.7. The monoisotopic (exact) mass is 593 g/mol. The number of rotatable bonds is 3. The van der Waals surface area contributed by atoms with Gasteiger partial charge in [0.15, 0.2) is 0 Å². The first-order valence-corrected chi connectivity index (χ1v) is 15.6. The molecule has 0 aliphatic heterocycles. The van der Waals surface area contributed by atoms with Gasteiger partial charge in [-0.25, -0.2) is 0 Å². The maximum absolute atomic E-state index is 10.7. The number of thiophene rings is 2. The fourth-order valence-corrected chi connectivity index (χ4v) is 8.42. The minimum Gasteiger partial charge on any atom is -0.192 e. The maximum Gasteiger partial charge on any atom is 0.100 e. The van der Waals surface area contributed by atoms with Crippen LogP contribution in [0.2, 0.25) is 0 Å². The topological polar surface area (TPSA) is 71.4 Å². The predicted molar refractivity (Wildman–Crippen MR) is 183 cm³/mol. The zero-order valence-corrected chi connectivity index (χ0v) is 24.8. The highest BCUT2D eigenvalue weighted by molar-refractivity contribution is 7.26. The van der Waals surface area contributed by atoms with Crippen LogP contribution in [-0.2, 0) is 0 Å². The quantitative estimate of drug-likeness (QED) is 0.205. The number of hydrogen-bond donors (Lipinski definition) is 0. The normalized spacial score (nSPS) is 11.1. The van der Waals surface area contributed by atoms with Crippen molar-refractivity contribution >= 4 is 63.0 Å². The molecule has 5 heteroatoms. The standard InChI is InChI=1S/C39H19N3S2/c40-20-23-6-5-7-26(16-23)39-33(21-41)30(24-13-15-37-32(17-24)28-9-2-4-11-36(28)43-37)19-31(34(39)22-42)25-12-14-29-27-8-1-3-10-35(27)44-38(29)18-25/h1-19H. The van der Waals surface area contributed by atoms with Gasteiger partial charge in [0.05, 0.1) is 22.8 Å². The van der Waals surface area contributed by atoms with Gasteiger partial charge in [0.2, 0.25) is 0 Å². The molecule has 0 unspecified atom stereocenters. The molecular formula is C39H19N3S2. The summed E-state index contributed by atoms with van der Waals surface area (Å²) in [5.74, 6) is 0. The highest BCUT2D eigenvalue weighted by Crippen LogP contribution is 2.44. The van der Waals surface area contributed by atoms with Crippen LogP contribution >= 0.6 is 22.7 Å². The van der Waals surface area contributed by atoms with Crippen LogP contribution in [0.5, 0.6) is 0 Å². The fourth-order valence-electron chi connectivity index (χ4n) is 6.19. The number of hydrogen-bond acceptors (Lipinski definition) is 5. The number of fused-ring (bicyclic) bond motifs is 6. The lowest BCUT2D eigenvalue weighted by Crippen LogP contribution is -1.98. The van der Waals surface area contributed by atoms with Crippen molar-refractivity contribution < 1.29 is 0 Å². The van der Waals surface area contributed by atoms with Crippen molar-refractivity contribution in [2.75, 3.05) is 0 Å². The summed E-state index contributed by atoms with van der Waals surface area (Å²) in [6.45, 7) is 0. The molecule has 6 aromatic carbocycles. The molecule has 0 spiro atoms. The average molecular weight is 594 g/mol. The minimum absolute atomic E-state index is 0.419. The van der Waals surface area contributed by atoms with Crippen molar-refractivity contribution in [2.45, 2.75) is 0 Å². The Morgan fingerprint density at radius 2 is 1.00 bits per heavy atom. The smallest absolute Gasteiger partial charge is 0.100 e. The lowest BCUT2D eigenvalue weighted by atomic mass is 9.83. The summed E-state index contributed by atoms with van der Waals surface area (Å²) >= 11 is 3.48. The minimum atomic E-state index is 0.419. The lowest BCUT2D eigenvalue weighted by Gasteiger charge is -2.17. The van der Waals surface area contributed by atoms with Gasteiger partial charge in [-0.2, -0.15) is 15.8 Å². The number of nitriles is 3. The van der Waals surface area contributed by atoms with E-state index in [2.05, 4.69) is 91.0 Å². The highest BCUT2D eigenvalue weighted by atomic mass is 32.1. The predicted octanol–water partition coefficient (Wildman–Crippen LogP) is 11.0. The summed E-state index contributed by atoms with van der Waals surface area (Å²) in [6.07, 6.45) is 0. The number of nitrogens with zero attached hydrogens (tertiary/aromatic N) is 3. The molecule has 0 saturated carbocycles. The Hall–Kier alpha value is -5.77. The Kier molecular flexibility index (Phi) is 6.00. The van der Waals surface area contributed by atoms with Gasteiger partial charge >= 0.3 is 0 Å². The van der Waals surface area contributed by atoms with Crippen LogP contribution in [0.15, 0.2) is 115 Å². The van der Waals surface area contributed by atoms with E-state index in [1.807, 2.05) is 24.3 Å². The summed E-state index contributed by atoms with van der Waals surface area (Å²) in [5.41, 5.74) is 5.86. The van der Waals surface area contributed by atoms with Crippen molar-refractivity contribution in [3.63, 3.8) is 0 Å². The second-order valence-electron chi connectivity index (χ2n) is 10.6.